The molecule has 0 heterocycles. The van der Waals surface area contributed by atoms with Gasteiger partial charge in [-0.1, -0.05) is 39.0 Å². The average molecular weight is 269 g/mol. The van der Waals surface area contributed by atoms with Crippen molar-refractivity contribution in [1.82, 2.24) is 5.32 Å². The number of rotatable bonds is 9. The largest absolute Gasteiger partial charge is 0.389 e. The van der Waals surface area contributed by atoms with Gasteiger partial charge in [-0.2, -0.15) is 0 Å². The molecule has 0 aromatic carbocycles. The van der Waals surface area contributed by atoms with Crippen LogP contribution in [0.1, 0.15) is 64.7 Å². The summed E-state index contributed by atoms with van der Waals surface area (Å²) in [5.74, 6) is 0.952. The van der Waals surface area contributed by atoms with Crippen molar-refractivity contribution in [3.63, 3.8) is 0 Å². The Bertz CT molecular complexity index is 237. The zero-order valence-corrected chi connectivity index (χ0v) is 12.4. The number of aliphatic hydroxyl groups excluding tert-OH is 1. The van der Waals surface area contributed by atoms with E-state index in [9.17, 15) is 5.11 Å². The van der Waals surface area contributed by atoms with Crippen LogP contribution in [-0.2, 0) is 4.74 Å². The molecule has 2 saturated carbocycles. The van der Waals surface area contributed by atoms with Gasteiger partial charge >= 0.3 is 0 Å². The lowest BCUT2D eigenvalue weighted by atomic mass is 9.98. The van der Waals surface area contributed by atoms with Crippen LogP contribution in [0.25, 0.3) is 0 Å². The van der Waals surface area contributed by atoms with Gasteiger partial charge in [0.25, 0.3) is 0 Å². The molecule has 0 radical (unpaired) electrons. The average Bonchev–Trinajstić information content (AvgIpc) is 3.26. The van der Waals surface area contributed by atoms with Crippen molar-refractivity contribution in [3.8, 4) is 0 Å². The second-order valence-electron chi connectivity index (χ2n) is 6.44. The predicted molar refractivity (Wildman–Crippen MR) is 78.3 cm³/mol. The topological polar surface area (TPSA) is 41.5 Å². The first-order valence-corrected chi connectivity index (χ1v) is 8.31. The lowest BCUT2D eigenvalue weighted by molar-refractivity contribution is -0.0237. The first-order valence-electron chi connectivity index (χ1n) is 8.31. The van der Waals surface area contributed by atoms with Gasteiger partial charge in [0.1, 0.15) is 0 Å². The van der Waals surface area contributed by atoms with E-state index in [4.69, 9.17) is 4.74 Å². The fourth-order valence-electron chi connectivity index (χ4n) is 2.99. The third-order valence-electron chi connectivity index (χ3n) is 4.53. The summed E-state index contributed by atoms with van der Waals surface area (Å²) in [7, 11) is 0. The molecule has 2 N–H and O–H groups in total. The number of nitrogens with one attached hydrogen (secondary N) is 1. The summed E-state index contributed by atoms with van der Waals surface area (Å²) in [6.07, 6.45) is 11.6. The van der Waals surface area contributed by atoms with Gasteiger partial charge in [-0.05, 0) is 31.6 Å². The number of hydrogen-bond donors (Lipinski definition) is 2. The van der Waals surface area contributed by atoms with Crippen LogP contribution in [-0.4, -0.2) is 36.5 Å². The Morgan fingerprint density at radius 1 is 1.16 bits per heavy atom. The van der Waals surface area contributed by atoms with Gasteiger partial charge in [0.2, 0.25) is 0 Å². The van der Waals surface area contributed by atoms with E-state index in [0.717, 1.165) is 12.3 Å². The Labute approximate surface area is 118 Å². The highest BCUT2D eigenvalue weighted by Crippen LogP contribution is 2.34. The van der Waals surface area contributed by atoms with E-state index in [-0.39, 0.29) is 6.10 Å². The van der Waals surface area contributed by atoms with Crippen LogP contribution in [0, 0.1) is 5.92 Å². The smallest absolute Gasteiger partial charge is 0.0897 e. The summed E-state index contributed by atoms with van der Waals surface area (Å²) < 4.78 is 5.81. The van der Waals surface area contributed by atoms with E-state index in [1.807, 2.05) is 0 Å². The molecule has 2 aliphatic rings. The minimum atomic E-state index is -0.352. The standard InChI is InChI=1S/C16H31NO2/c1-2-14(10-13-8-9-13)17-11-15(18)12-19-16-6-4-3-5-7-16/h13-18H,2-12H2,1H3. The third-order valence-corrected chi connectivity index (χ3v) is 4.53. The summed E-state index contributed by atoms with van der Waals surface area (Å²) in [6.45, 7) is 3.40. The first-order chi connectivity index (χ1) is 9.28. The highest BCUT2D eigenvalue weighted by Gasteiger charge is 2.24. The lowest BCUT2D eigenvalue weighted by Crippen LogP contribution is -2.38. The van der Waals surface area contributed by atoms with Crippen LogP contribution in [0.15, 0.2) is 0 Å². The van der Waals surface area contributed by atoms with Crippen LogP contribution in [0.4, 0.5) is 0 Å². The van der Waals surface area contributed by atoms with Crippen LogP contribution in [0.2, 0.25) is 0 Å². The molecule has 3 nitrogen and oxygen atoms in total. The monoisotopic (exact) mass is 269 g/mol. The Kier molecular flexibility index (Phi) is 6.62. The molecule has 0 aromatic heterocycles. The van der Waals surface area contributed by atoms with Crippen LogP contribution < -0.4 is 5.32 Å². The highest BCUT2D eigenvalue weighted by molar-refractivity contribution is 4.80. The Hall–Kier alpha value is -0.120. The summed E-state index contributed by atoms with van der Waals surface area (Å²) in [5.41, 5.74) is 0. The molecule has 2 unspecified atom stereocenters. The summed E-state index contributed by atoms with van der Waals surface area (Å²) in [5, 5.41) is 13.5. The van der Waals surface area contributed by atoms with Gasteiger partial charge in [-0.25, -0.2) is 0 Å². The quantitative estimate of drug-likeness (QED) is 0.676. The van der Waals surface area contributed by atoms with Crippen LogP contribution in [0.3, 0.4) is 0 Å². The summed E-state index contributed by atoms with van der Waals surface area (Å²) in [6, 6.07) is 0.580. The maximum Gasteiger partial charge on any atom is 0.0897 e. The van der Waals surface area contributed by atoms with E-state index in [1.54, 1.807) is 0 Å². The minimum Gasteiger partial charge on any atom is -0.389 e. The van der Waals surface area contributed by atoms with E-state index >= 15 is 0 Å². The first kappa shape index (κ1) is 15.3. The van der Waals surface area contributed by atoms with Crippen LogP contribution >= 0.6 is 0 Å². The van der Waals surface area contributed by atoms with Crippen LogP contribution in [0.5, 0.6) is 0 Å². The molecule has 0 saturated heterocycles. The zero-order chi connectivity index (χ0) is 13.5. The molecule has 2 atom stereocenters. The van der Waals surface area contributed by atoms with Crippen molar-refractivity contribution in [2.75, 3.05) is 13.2 Å². The van der Waals surface area contributed by atoms with Gasteiger partial charge < -0.3 is 15.2 Å². The van der Waals surface area contributed by atoms with Crippen molar-refractivity contribution < 1.29 is 9.84 Å². The fourth-order valence-corrected chi connectivity index (χ4v) is 2.99. The van der Waals surface area contributed by atoms with Gasteiger partial charge in [-0.15, -0.1) is 0 Å². The molecule has 0 amide bonds. The third kappa shape index (κ3) is 6.24. The summed E-state index contributed by atoms with van der Waals surface area (Å²) in [4.78, 5) is 0. The minimum absolute atomic E-state index is 0.352. The van der Waals surface area contributed by atoms with Crippen molar-refractivity contribution in [3.05, 3.63) is 0 Å². The second-order valence-corrected chi connectivity index (χ2v) is 6.44. The fraction of sp³-hybridized carbons (Fsp3) is 1.00. The number of hydrogen-bond acceptors (Lipinski definition) is 3. The maximum absolute atomic E-state index is 9.99. The molecule has 2 aliphatic carbocycles. The molecule has 0 spiro atoms. The molecule has 3 heteroatoms. The predicted octanol–water partition coefficient (Wildman–Crippen LogP) is 2.86. The van der Waals surface area contributed by atoms with Crippen molar-refractivity contribution in [1.29, 1.82) is 0 Å². The molecule has 2 rings (SSSR count). The molecule has 0 bridgehead atoms. The zero-order valence-electron chi connectivity index (χ0n) is 12.4. The molecule has 0 aliphatic heterocycles. The van der Waals surface area contributed by atoms with Crippen molar-refractivity contribution >= 4 is 0 Å². The van der Waals surface area contributed by atoms with Gasteiger partial charge in [0.05, 0.1) is 18.8 Å². The molecule has 112 valence electrons. The lowest BCUT2D eigenvalue weighted by Gasteiger charge is -2.24. The number of aliphatic hydroxyl groups is 1. The van der Waals surface area contributed by atoms with E-state index in [0.29, 0.717) is 25.3 Å². The van der Waals surface area contributed by atoms with Gasteiger partial charge in [0, 0.05) is 12.6 Å². The maximum atomic E-state index is 9.99. The molecular formula is C16H31NO2. The van der Waals surface area contributed by atoms with Crippen molar-refractivity contribution in [2.24, 2.45) is 5.92 Å². The van der Waals surface area contributed by atoms with Gasteiger partial charge in [0.15, 0.2) is 0 Å². The van der Waals surface area contributed by atoms with Crippen molar-refractivity contribution in [2.45, 2.75) is 83.0 Å². The van der Waals surface area contributed by atoms with E-state index < -0.39 is 0 Å². The highest BCUT2D eigenvalue weighted by atomic mass is 16.5. The number of ether oxygens (including phenoxy) is 1. The molecular weight excluding hydrogens is 238 g/mol. The van der Waals surface area contributed by atoms with Gasteiger partial charge in [-0.3, -0.25) is 0 Å². The molecule has 19 heavy (non-hydrogen) atoms. The normalized spacial score (nSPS) is 24.3. The SMILES string of the molecule is CCC(CC1CC1)NCC(O)COC1CCCCC1. The second kappa shape index (κ2) is 8.23. The Morgan fingerprint density at radius 2 is 1.89 bits per heavy atom. The summed E-state index contributed by atoms with van der Waals surface area (Å²) >= 11 is 0. The molecule has 2 fully saturated rings. The van der Waals surface area contributed by atoms with E-state index in [1.165, 1.54) is 51.4 Å². The van der Waals surface area contributed by atoms with E-state index in [2.05, 4.69) is 12.2 Å². The molecule has 0 aromatic rings. The Morgan fingerprint density at radius 3 is 2.53 bits per heavy atom. The Balaban J connectivity index is 1.53.